The summed E-state index contributed by atoms with van der Waals surface area (Å²) >= 11 is 0. The van der Waals surface area contributed by atoms with Gasteiger partial charge in [0.15, 0.2) is 5.69 Å². The fraction of sp³-hybridized carbons (Fsp3) is 0.462. The quantitative estimate of drug-likeness (QED) is 0.435. The Labute approximate surface area is 204 Å². The van der Waals surface area contributed by atoms with Crippen molar-refractivity contribution in [2.24, 2.45) is 5.92 Å². The molecule has 0 unspecified atom stereocenters. The molecule has 2 aliphatic rings. The second-order valence-electron chi connectivity index (χ2n) is 10.0. The van der Waals surface area contributed by atoms with Crippen LogP contribution in [0.15, 0.2) is 36.2 Å². The molecule has 182 valence electrons. The van der Waals surface area contributed by atoms with Crippen molar-refractivity contribution in [2.45, 2.75) is 71.1 Å². The Morgan fingerprint density at radius 3 is 2.83 bits per heavy atom. The van der Waals surface area contributed by atoms with Crippen molar-refractivity contribution in [2.75, 3.05) is 0 Å². The summed E-state index contributed by atoms with van der Waals surface area (Å²) in [6, 6.07) is 5.72. The summed E-state index contributed by atoms with van der Waals surface area (Å²) in [7, 11) is 0. The number of fused-ring (bicyclic) bond motifs is 1. The zero-order chi connectivity index (χ0) is 24.4. The molecule has 1 amide bonds. The van der Waals surface area contributed by atoms with Gasteiger partial charge in [-0.3, -0.25) is 14.5 Å². The Kier molecular flexibility index (Phi) is 6.42. The topological polar surface area (TPSA) is 119 Å². The lowest BCUT2D eigenvalue weighted by Gasteiger charge is -2.18. The lowest BCUT2D eigenvalue weighted by atomic mass is 9.99. The minimum absolute atomic E-state index is 0.245. The molecule has 0 saturated heterocycles. The van der Waals surface area contributed by atoms with Crippen molar-refractivity contribution >= 4 is 12.0 Å². The van der Waals surface area contributed by atoms with Gasteiger partial charge in [-0.2, -0.15) is 10.2 Å². The van der Waals surface area contributed by atoms with E-state index in [4.69, 9.17) is 0 Å². The predicted octanol–water partition coefficient (Wildman–Crippen LogP) is 2.99. The van der Waals surface area contributed by atoms with E-state index in [-0.39, 0.29) is 18.1 Å². The van der Waals surface area contributed by atoms with Crippen LogP contribution in [0, 0.1) is 5.92 Å². The maximum atomic E-state index is 12.5. The number of aromatic nitrogens is 6. The van der Waals surface area contributed by atoms with E-state index < -0.39 is 5.60 Å². The van der Waals surface area contributed by atoms with Crippen molar-refractivity contribution in [3.63, 3.8) is 0 Å². The number of aliphatic hydroxyl groups is 1. The van der Waals surface area contributed by atoms with E-state index in [1.54, 1.807) is 43.1 Å². The summed E-state index contributed by atoms with van der Waals surface area (Å²) in [6.45, 7) is 4.35. The lowest BCUT2D eigenvalue weighted by molar-refractivity contribution is 0.0784. The van der Waals surface area contributed by atoms with Gasteiger partial charge in [0.05, 0.1) is 35.4 Å². The van der Waals surface area contributed by atoms with E-state index in [9.17, 15) is 9.90 Å². The van der Waals surface area contributed by atoms with E-state index in [2.05, 4.69) is 43.0 Å². The molecule has 0 spiro atoms. The van der Waals surface area contributed by atoms with E-state index >= 15 is 0 Å². The Balaban J connectivity index is 1.07. The number of allylic oxidation sites excluding steroid dienone is 1. The number of unbranched alkanes of at least 4 members (excludes halogenated alkanes) is 1. The molecule has 3 heterocycles. The van der Waals surface area contributed by atoms with Gasteiger partial charge in [0.2, 0.25) is 0 Å². The first-order valence-electron chi connectivity index (χ1n) is 12.3. The van der Waals surface area contributed by atoms with E-state index in [0.717, 1.165) is 48.6 Å². The second kappa shape index (κ2) is 9.65. The fourth-order valence-corrected chi connectivity index (χ4v) is 4.33. The van der Waals surface area contributed by atoms with Gasteiger partial charge in [-0.25, -0.2) is 0 Å². The SMILES string of the molecule is CC(C)(O)c1ccnc(CNC(=O)c2cn(CCCCc3cc4c(nn3)CC(C3CC3)=C4)nn2)c1. The molecule has 1 fully saturated rings. The third-order valence-electron chi connectivity index (χ3n) is 6.56. The zero-order valence-electron chi connectivity index (χ0n) is 20.2. The van der Waals surface area contributed by atoms with Gasteiger partial charge in [-0.05, 0) is 81.2 Å². The van der Waals surface area contributed by atoms with Gasteiger partial charge in [0.25, 0.3) is 5.91 Å². The van der Waals surface area contributed by atoms with Crippen LogP contribution in [0.1, 0.15) is 78.2 Å². The van der Waals surface area contributed by atoms with Crippen LogP contribution >= 0.6 is 0 Å². The first-order valence-corrected chi connectivity index (χ1v) is 12.3. The zero-order valence-corrected chi connectivity index (χ0v) is 20.2. The number of pyridine rings is 1. The van der Waals surface area contributed by atoms with Crippen LogP contribution in [-0.2, 0) is 31.5 Å². The molecular weight excluding hydrogens is 442 g/mol. The number of carbonyl (C=O) groups is 1. The number of rotatable bonds is 10. The Morgan fingerprint density at radius 1 is 1.17 bits per heavy atom. The van der Waals surface area contributed by atoms with Gasteiger partial charge in [0, 0.05) is 19.2 Å². The van der Waals surface area contributed by atoms with E-state index in [1.165, 1.54) is 24.0 Å². The summed E-state index contributed by atoms with van der Waals surface area (Å²) in [5.41, 5.74) is 5.62. The Morgan fingerprint density at radius 2 is 2.03 bits per heavy atom. The summed E-state index contributed by atoms with van der Waals surface area (Å²) < 4.78 is 1.70. The number of nitrogens with one attached hydrogen (secondary N) is 1. The number of hydrogen-bond acceptors (Lipinski definition) is 7. The highest BCUT2D eigenvalue weighted by Crippen LogP contribution is 2.41. The molecular formula is C26H31N7O2. The highest BCUT2D eigenvalue weighted by atomic mass is 16.3. The maximum absolute atomic E-state index is 12.5. The molecule has 0 radical (unpaired) electrons. The van der Waals surface area contributed by atoms with Crippen LogP contribution < -0.4 is 5.32 Å². The predicted molar refractivity (Wildman–Crippen MR) is 130 cm³/mol. The smallest absolute Gasteiger partial charge is 0.273 e. The van der Waals surface area contributed by atoms with E-state index in [0.29, 0.717) is 12.2 Å². The Hall–Kier alpha value is -3.46. The molecule has 5 rings (SSSR count). The van der Waals surface area contributed by atoms with Gasteiger partial charge >= 0.3 is 0 Å². The average Bonchev–Trinajstić information content (AvgIpc) is 3.43. The molecule has 1 saturated carbocycles. The van der Waals surface area contributed by atoms with Gasteiger partial charge < -0.3 is 10.4 Å². The summed E-state index contributed by atoms with van der Waals surface area (Å²) in [5, 5.41) is 29.9. The molecule has 2 aliphatic carbocycles. The minimum atomic E-state index is -0.964. The molecule has 0 aliphatic heterocycles. The molecule has 0 aromatic carbocycles. The normalized spacial score (nSPS) is 15.1. The van der Waals surface area contributed by atoms with Crippen LogP contribution in [0.25, 0.3) is 6.08 Å². The first kappa shape index (κ1) is 23.3. The molecule has 3 aromatic rings. The highest BCUT2D eigenvalue weighted by molar-refractivity contribution is 5.91. The van der Waals surface area contributed by atoms with Crippen molar-refractivity contribution in [3.8, 4) is 0 Å². The molecule has 3 aromatic heterocycles. The average molecular weight is 474 g/mol. The number of carbonyl (C=O) groups excluding carboxylic acids is 1. The molecule has 9 nitrogen and oxygen atoms in total. The van der Waals surface area contributed by atoms with Crippen molar-refractivity contribution in [3.05, 3.63) is 70.1 Å². The Bertz CT molecular complexity index is 1250. The van der Waals surface area contributed by atoms with Crippen LogP contribution in [0.2, 0.25) is 0 Å². The third kappa shape index (κ3) is 5.79. The van der Waals surface area contributed by atoms with Crippen LogP contribution in [0.3, 0.4) is 0 Å². The number of hydrogen-bond donors (Lipinski definition) is 2. The third-order valence-corrected chi connectivity index (χ3v) is 6.56. The van der Waals surface area contributed by atoms with Gasteiger partial charge in [-0.15, -0.1) is 5.10 Å². The molecule has 35 heavy (non-hydrogen) atoms. The molecule has 2 N–H and O–H groups in total. The fourth-order valence-electron chi connectivity index (χ4n) is 4.33. The number of amides is 1. The van der Waals surface area contributed by atoms with E-state index in [1.807, 2.05) is 0 Å². The molecule has 0 bridgehead atoms. The van der Waals surface area contributed by atoms with Crippen LogP contribution in [-0.4, -0.2) is 41.2 Å². The summed E-state index contributed by atoms with van der Waals surface area (Å²) in [6.07, 6.45) is 11.9. The first-order chi connectivity index (χ1) is 16.8. The molecule has 0 atom stereocenters. The van der Waals surface area contributed by atoms with Crippen molar-refractivity contribution < 1.29 is 9.90 Å². The second-order valence-corrected chi connectivity index (χ2v) is 10.0. The van der Waals surface area contributed by atoms with Crippen LogP contribution in [0.5, 0.6) is 0 Å². The highest BCUT2D eigenvalue weighted by Gasteiger charge is 2.29. The summed E-state index contributed by atoms with van der Waals surface area (Å²) in [5.74, 6) is 0.475. The maximum Gasteiger partial charge on any atom is 0.273 e. The minimum Gasteiger partial charge on any atom is -0.386 e. The molecule has 9 heteroatoms. The van der Waals surface area contributed by atoms with Crippen molar-refractivity contribution in [1.29, 1.82) is 0 Å². The van der Waals surface area contributed by atoms with Gasteiger partial charge in [0.1, 0.15) is 0 Å². The monoisotopic (exact) mass is 473 g/mol. The largest absolute Gasteiger partial charge is 0.386 e. The van der Waals surface area contributed by atoms with Crippen LogP contribution in [0.4, 0.5) is 0 Å². The lowest BCUT2D eigenvalue weighted by Crippen LogP contribution is -2.24. The standard InChI is InChI=1S/C26H31N7O2/c1-26(2,35)20-8-9-27-22(14-20)15-28-25(34)24-16-33(32-31-24)10-4-3-5-21-12-19-11-18(17-6-7-17)13-23(19)30-29-21/h8-9,11-12,14,16-17,35H,3-7,10,13,15H2,1-2H3,(H,28,34). The number of aryl methyl sites for hydroxylation is 2. The van der Waals surface area contributed by atoms with Gasteiger partial charge in [-0.1, -0.05) is 16.9 Å². The van der Waals surface area contributed by atoms with Crippen molar-refractivity contribution in [1.82, 2.24) is 35.5 Å². The number of nitrogens with zero attached hydrogens (tertiary/aromatic N) is 6. The summed E-state index contributed by atoms with van der Waals surface area (Å²) in [4.78, 5) is 16.7.